The second-order valence-electron chi connectivity index (χ2n) is 9.00. The summed E-state index contributed by atoms with van der Waals surface area (Å²) in [5.41, 5.74) is 6.67. The SMILES string of the molecule is Cl.Cl.O=C(O)c1ccc(-c2ccc3c(c2)nc(-c2cn[nH]c2-c2cccc(Cl)c2)n3CCCn2ccnc2)cc1. The molecule has 3 aromatic carbocycles. The van der Waals surface area contributed by atoms with Gasteiger partial charge in [-0.3, -0.25) is 5.10 Å². The standard InChI is InChI=1S/C29H23ClN6O2.2ClH/c30-23-4-1-3-22(15-23)27-24(17-32-34-27)28-33-25-16-21(19-5-7-20(8-6-19)29(37)38)9-10-26(25)36(28)13-2-12-35-14-11-31-18-35;;/h1,3-11,14-18H,2,12-13H2,(H,32,34)(H,37,38);2*1H. The summed E-state index contributed by atoms with van der Waals surface area (Å²) in [4.78, 5) is 20.5. The van der Waals surface area contributed by atoms with Crippen molar-refractivity contribution in [3.63, 3.8) is 0 Å². The molecule has 2 N–H and O–H groups in total. The molecule has 0 bridgehead atoms. The van der Waals surface area contributed by atoms with Gasteiger partial charge in [-0.1, -0.05) is 41.9 Å². The lowest BCUT2D eigenvalue weighted by molar-refractivity contribution is 0.0697. The van der Waals surface area contributed by atoms with Crippen molar-refractivity contribution in [2.24, 2.45) is 0 Å². The molecular weight excluding hydrogens is 571 g/mol. The van der Waals surface area contributed by atoms with E-state index in [2.05, 4.69) is 30.4 Å². The molecule has 0 radical (unpaired) electrons. The van der Waals surface area contributed by atoms with Crippen LogP contribution in [-0.4, -0.2) is 40.4 Å². The predicted molar refractivity (Wildman–Crippen MR) is 161 cm³/mol. The Balaban J connectivity index is 0.00000185. The fourth-order valence-corrected chi connectivity index (χ4v) is 4.89. The van der Waals surface area contributed by atoms with Crippen LogP contribution in [-0.2, 0) is 13.1 Å². The zero-order valence-corrected chi connectivity index (χ0v) is 23.5. The monoisotopic (exact) mass is 594 g/mol. The lowest BCUT2D eigenvalue weighted by Gasteiger charge is -2.11. The van der Waals surface area contributed by atoms with E-state index in [0.717, 1.165) is 64.3 Å². The van der Waals surface area contributed by atoms with Crippen molar-refractivity contribution in [2.75, 3.05) is 0 Å². The van der Waals surface area contributed by atoms with E-state index in [4.69, 9.17) is 16.6 Å². The van der Waals surface area contributed by atoms with Crippen LogP contribution in [0.2, 0.25) is 5.02 Å². The summed E-state index contributed by atoms with van der Waals surface area (Å²) >= 11 is 6.28. The normalized spacial score (nSPS) is 10.7. The molecule has 0 aliphatic heterocycles. The van der Waals surface area contributed by atoms with E-state index in [1.54, 1.807) is 24.5 Å². The van der Waals surface area contributed by atoms with Gasteiger partial charge in [-0.15, -0.1) is 24.8 Å². The van der Waals surface area contributed by atoms with Crippen LogP contribution in [0.4, 0.5) is 0 Å². The third-order valence-corrected chi connectivity index (χ3v) is 6.80. The Morgan fingerprint density at radius 1 is 0.950 bits per heavy atom. The number of hydrogen-bond acceptors (Lipinski definition) is 4. The maximum Gasteiger partial charge on any atom is 0.335 e. The minimum Gasteiger partial charge on any atom is -0.478 e. The number of hydrogen-bond donors (Lipinski definition) is 2. The van der Waals surface area contributed by atoms with E-state index in [-0.39, 0.29) is 30.4 Å². The summed E-state index contributed by atoms with van der Waals surface area (Å²) in [6.45, 7) is 1.58. The molecule has 0 aliphatic carbocycles. The van der Waals surface area contributed by atoms with Crippen molar-refractivity contribution in [3.05, 3.63) is 102 Å². The molecule has 0 saturated carbocycles. The summed E-state index contributed by atoms with van der Waals surface area (Å²) < 4.78 is 4.29. The molecule has 0 aliphatic rings. The zero-order valence-electron chi connectivity index (χ0n) is 21.1. The Kier molecular flexibility index (Phi) is 8.94. The van der Waals surface area contributed by atoms with Crippen molar-refractivity contribution in [3.8, 4) is 33.8 Å². The molecule has 6 aromatic rings. The number of halogens is 3. The number of aromatic amines is 1. The fraction of sp³-hybridized carbons (Fsp3) is 0.103. The van der Waals surface area contributed by atoms with Gasteiger partial charge in [0, 0.05) is 36.1 Å². The van der Waals surface area contributed by atoms with Crippen LogP contribution in [0.5, 0.6) is 0 Å². The molecule has 0 fully saturated rings. The van der Waals surface area contributed by atoms with Crippen molar-refractivity contribution in [1.29, 1.82) is 0 Å². The Morgan fingerprint density at radius 2 is 1.75 bits per heavy atom. The Hall–Kier alpha value is -4.11. The van der Waals surface area contributed by atoms with Crippen molar-refractivity contribution < 1.29 is 9.90 Å². The number of nitrogens with one attached hydrogen (secondary N) is 1. The summed E-state index contributed by atoms with van der Waals surface area (Å²) in [5, 5.41) is 17.3. The van der Waals surface area contributed by atoms with Crippen LogP contribution in [0.15, 0.2) is 91.6 Å². The molecular formula is C29H25Cl3N6O2. The second-order valence-corrected chi connectivity index (χ2v) is 9.43. The van der Waals surface area contributed by atoms with Crippen molar-refractivity contribution in [2.45, 2.75) is 19.5 Å². The number of fused-ring (bicyclic) bond motifs is 1. The van der Waals surface area contributed by atoms with Gasteiger partial charge in [-0.05, 0) is 53.9 Å². The molecule has 8 nitrogen and oxygen atoms in total. The minimum absolute atomic E-state index is 0. The summed E-state index contributed by atoms with van der Waals surface area (Å²) in [7, 11) is 0. The Labute approximate surface area is 247 Å². The number of carbonyl (C=O) groups is 1. The number of aromatic nitrogens is 6. The molecule has 0 atom stereocenters. The van der Waals surface area contributed by atoms with E-state index in [9.17, 15) is 9.90 Å². The largest absolute Gasteiger partial charge is 0.478 e. The Morgan fingerprint density at radius 3 is 2.48 bits per heavy atom. The van der Waals surface area contributed by atoms with Gasteiger partial charge in [0.05, 0.1) is 40.4 Å². The van der Waals surface area contributed by atoms with Gasteiger partial charge in [-0.2, -0.15) is 5.10 Å². The highest BCUT2D eigenvalue weighted by Gasteiger charge is 2.19. The second kappa shape index (κ2) is 12.4. The molecule has 40 heavy (non-hydrogen) atoms. The minimum atomic E-state index is -0.943. The van der Waals surface area contributed by atoms with E-state index in [0.29, 0.717) is 5.02 Å². The van der Waals surface area contributed by atoms with Crippen LogP contribution in [0.1, 0.15) is 16.8 Å². The first kappa shape index (κ1) is 28.9. The number of H-pyrrole nitrogens is 1. The van der Waals surface area contributed by atoms with Gasteiger partial charge < -0.3 is 14.2 Å². The topological polar surface area (TPSA) is 102 Å². The third kappa shape index (κ3) is 5.74. The number of carboxylic acid groups (broad SMARTS) is 1. The van der Waals surface area contributed by atoms with Gasteiger partial charge >= 0.3 is 5.97 Å². The molecule has 0 amide bonds. The zero-order chi connectivity index (χ0) is 26.1. The number of nitrogens with zero attached hydrogens (tertiary/aromatic N) is 5. The van der Waals surface area contributed by atoms with Gasteiger partial charge in [0.15, 0.2) is 0 Å². The van der Waals surface area contributed by atoms with E-state index < -0.39 is 5.97 Å². The van der Waals surface area contributed by atoms with E-state index >= 15 is 0 Å². The van der Waals surface area contributed by atoms with Gasteiger partial charge in [0.25, 0.3) is 0 Å². The first-order chi connectivity index (χ1) is 18.6. The summed E-state index contributed by atoms with van der Waals surface area (Å²) in [6.07, 6.45) is 8.25. The highest BCUT2D eigenvalue weighted by Crippen LogP contribution is 2.34. The van der Waals surface area contributed by atoms with Gasteiger partial charge in [0.2, 0.25) is 0 Å². The number of aromatic carboxylic acids is 1. The average Bonchev–Trinajstić information content (AvgIpc) is 3.69. The van der Waals surface area contributed by atoms with E-state index in [1.807, 2.05) is 61.1 Å². The number of aryl methyl sites for hydroxylation is 2. The van der Waals surface area contributed by atoms with Crippen LogP contribution < -0.4 is 0 Å². The van der Waals surface area contributed by atoms with Crippen LogP contribution >= 0.6 is 36.4 Å². The van der Waals surface area contributed by atoms with Crippen molar-refractivity contribution in [1.82, 2.24) is 29.3 Å². The summed E-state index contributed by atoms with van der Waals surface area (Å²) in [5.74, 6) is -0.130. The maximum atomic E-state index is 11.3. The molecule has 0 saturated heterocycles. The molecule has 0 spiro atoms. The van der Waals surface area contributed by atoms with E-state index in [1.165, 1.54) is 0 Å². The lowest BCUT2D eigenvalue weighted by Crippen LogP contribution is -2.05. The number of benzene rings is 3. The van der Waals surface area contributed by atoms with Gasteiger partial charge in [0.1, 0.15) is 5.82 Å². The lowest BCUT2D eigenvalue weighted by atomic mass is 10.0. The predicted octanol–water partition coefficient (Wildman–Crippen LogP) is 7.24. The van der Waals surface area contributed by atoms with Crippen molar-refractivity contribution >= 4 is 53.4 Å². The fourth-order valence-electron chi connectivity index (χ4n) is 4.70. The van der Waals surface area contributed by atoms with Crippen LogP contribution in [0.3, 0.4) is 0 Å². The number of carboxylic acids is 1. The Bertz CT molecular complexity index is 1740. The third-order valence-electron chi connectivity index (χ3n) is 6.56. The average molecular weight is 596 g/mol. The molecule has 3 aromatic heterocycles. The number of imidazole rings is 2. The highest BCUT2D eigenvalue weighted by molar-refractivity contribution is 6.30. The molecule has 204 valence electrons. The molecule has 11 heteroatoms. The molecule has 3 heterocycles. The molecule has 0 unspecified atom stereocenters. The van der Waals surface area contributed by atoms with Gasteiger partial charge in [-0.25, -0.2) is 14.8 Å². The quantitative estimate of drug-likeness (QED) is 0.193. The first-order valence-electron chi connectivity index (χ1n) is 12.2. The number of rotatable bonds is 8. The van der Waals surface area contributed by atoms with Crippen LogP contribution in [0, 0.1) is 0 Å². The smallest absolute Gasteiger partial charge is 0.335 e. The van der Waals surface area contributed by atoms with Crippen LogP contribution in [0.25, 0.3) is 44.8 Å². The summed E-state index contributed by atoms with van der Waals surface area (Å²) in [6, 6.07) is 20.7. The first-order valence-corrected chi connectivity index (χ1v) is 12.5. The maximum absolute atomic E-state index is 11.3. The molecule has 6 rings (SSSR count). The highest BCUT2D eigenvalue weighted by atomic mass is 35.5.